The van der Waals surface area contributed by atoms with Gasteiger partial charge in [0.05, 0.1) is 23.8 Å². The fraction of sp³-hybridized carbons (Fsp3) is 0.667. The topological polar surface area (TPSA) is 133 Å². The van der Waals surface area contributed by atoms with Crippen molar-refractivity contribution in [2.45, 2.75) is 57.2 Å². The van der Waals surface area contributed by atoms with Gasteiger partial charge in [-0.1, -0.05) is 0 Å². The van der Waals surface area contributed by atoms with Gasteiger partial charge in [0.25, 0.3) is 5.91 Å². The average Bonchev–Trinajstić information content (AvgIpc) is 2.49. The Bertz CT molecular complexity index is 556. The Hall–Kier alpha value is -1.93. The van der Waals surface area contributed by atoms with Gasteiger partial charge in [-0.25, -0.2) is 4.98 Å². The van der Waals surface area contributed by atoms with Gasteiger partial charge < -0.3 is 26.6 Å². The van der Waals surface area contributed by atoms with Crippen LogP contribution >= 0.6 is 0 Å². The maximum absolute atomic E-state index is 11.5. The molecule has 0 aromatic carbocycles. The van der Waals surface area contributed by atoms with Crippen LogP contribution in [0.1, 0.15) is 49.9 Å². The molecule has 0 spiro atoms. The van der Waals surface area contributed by atoms with Crippen molar-refractivity contribution in [2.75, 3.05) is 17.2 Å². The van der Waals surface area contributed by atoms with Crippen LogP contribution in [-0.2, 0) is 0 Å². The first-order chi connectivity index (χ1) is 10.8. The van der Waals surface area contributed by atoms with Gasteiger partial charge in [0, 0.05) is 12.2 Å². The Morgan fingerprint density at radius 2 is 2.04 bits per heavy atom. The first-order valence-electron chi connectivity index (χ1n) is 7.81. The van der Waals surface area contributed by atoms with E-state index in [0.717, 1.165) is 25.7 Å². The van der Waals surface area contributed by atoms with E-state index in [2.05, 4.69) is 20.6 Å². The van der Waals surface area contributed by atoms with E-state index >= 15 is 0 Å². The van der Waals surface area contributed by atoms with Crippen LogP contribution in [0.2, 0.25) is 0 Å². The molecule has 0 radical (unpaired) electrons. The van der Waals surface area contributed by atoms with Crippen molar-refractivity contribution in [3.8, 4) is 0 Å². The number of aromatic nitrogens is 2. The fourth-order valence-electron chi connectivity index (χ4n) is 2.49. The number of rotatable bonds is 6. The van der Waals surface area contributed by atoms with Crippen LogP contribution in [0.3, 0.4) is 0 Å². The van der Waals surface area contributed by atoms with E-state index in [-0.39, 0.29) is 24.3 Å². The summed E-state index contributed by atoms with van der Waals surface area (Å²) in [5.41, 5.74) is 4.88. The first-order valence-corrected chi connectivity index (χ1v) is 7.81. The van der Waals surface area contributed by atoms with Crippen molar-refractivity contribution in [3.63, 3.8) is 0 Å². The molecule has 1 aliphatic rings. The predicted molar refractivity (Wildman–Crippen MR) is 87.2 cm³/mol. The molecule has 1 fully saturated rings. The number of primary amides is 1. The number of carbonyl (C=O) groups is 1. The number of anilines is 2. The predicted octanol–water partition coefficient (Wildman–Crippen LogP) is 0.474. The number of nitrogens with zero attached hydrogens (tertiary/aromatic N) is 2. The van der Waals surface area contributed by atoms with E-state index in [1.54, 1.807) is 13.8 Å². The minimum Gasteiger partial charge on any atom is -0.394 e. The first kappa shape index (κ1) is 17.4. The lowest BCUT2D eigenvalue weighted by molar-refractivity contribution is 0.1000. The van der Waals surface area contributed by atoms with Crippen LogP contribution in [-0.4, -0.2) is 50.4 Å². The molecule has 1 saturated carbocycles. The Labute approximate surface area is 135 Å². The monoisotopic (exact) mass is 323 g/mol. The summed E-state index contributed by atoms with van der Waals surface area (Å²) < 4.78 is 0. The van der Waals surface area contributed by atoms with Crippen molar-refractivity contribution in [3.05, 3.63) is 11.8 Å². The van der Waals surface area contributed by atoms with E-state index in [0.29, 0.717) is 11.8 Å². The van der Waals surface area contributed by atoms with E-state index in [9.17, 15) is 15.0 Å². The summed E-state index contributed by atoms with van der Waals surface area (Å²) in [6.07, 6.45) is 4.33. The molecule has 1 aliphatic carbocycles. The molecule has 128 valence electrons. The zero-order chi connectivity index (χ0) is 17.0. The molecule has 1 aromatic rings. The minimum absolute atomic E-state index is 0.127. The molecule has 0 saturated heterocycles. The Kier molecular flexibility index (Phi) is 5.38. The van der Waals surface area contributed by atoms with Crippen molar-refractivity contribution < 1.29 is 15.0 Å². The molecular weight excluding hydrogens is 298 g/mol. The summed E-state index contributed by atoms with van der Waals surface area (Å²) in [5.74, 6) is 0.0612. The molecule has 1 aromatic heterocycles. The second-order valence-electron chi connectivity index (χ2n) is 6.64. The maximum atomic E-state index is 11.5. The van der Waals surface area contributed by atoms with Crippen LogP contribution in [0, 0.1) is 0 Å². The molecule has 1 amide bonds. The molecule has 2 rings (SSSR count). The van der Waals surface area contributed by atoms with Crippen molar-refractivity contribution in [1.29, 1.82) is 0 Å². The number of hydrogen-bond acceptors (Lipinski definition) is 7. The smallest absolute Gasteiger partial charge is 0.254 e. The van der Waals surface area contributed by atoms with Crippen LogP contribution < -0.4 is 16.4 Å². The number of aliphatic hydroxyl groups excluding tert-OH is 2. The zero-order valence-electron chi connectivity index (χ0n) is 13.5. The SMILES string of the molecule is CC(C)(CO)Nc1nc(NC2CCC(O)CC2)ncc1C(N)=O. The molecular formula is C15H25N5O3. The zero-order valence-corrected chi connectivity index (χ0v) is 13.5. The van der Waals surface area contributed by atoms with E-state index in [4.69, 9.17) is 5.73 Å². The molecule has 8 heteroatoms. The molecule has 0 aliphatic heterocycles. The van der Waals surface area contributed by atoms with E-state index in [1.807, 2.05) is 0 Å². The molecule has 1 heterocycles. The van der Waals surface area contributed by atoms with Crippen LogP contribution in [0.4, 0.5) is 11.8 Å². The summed E-state index contributed by atoms with van der Waals surface area (Å²) >= 11 is 0. The van der Waals surface area contributed by atoms with E-state index < -0.39 is 11.4 Å². The fourth-order valence-corrected chi connectivity index (χ4v) is 2.49. The van der Waals surface area contributed by atoms with Crippen LogP contribution in [0.25, 0.3) is 0 Å². The highest BCUT2D eigenvalue weighted by Gasteiger charge is 2.23. The quantitative estimate of drug-likeness (QED) is 0.514. The van der Waals surface area contributed by atoms with Gasteiger partial charge in [-0.2, -0.15) is 4.98 Å². The average molecular weight is 323 g/mol. The maximum Gasteiger partial charge on any atom is 0.254 e. The van der Waals surface area contributed by atoms with Gasteiger partial charge in [0.1, 0.15) is 5.82 Å². The Morgan fingerprint density at radius 1 is 1.39 bits per heavy atom. The summed E-state index contributed by atoms with van der Waals surface area (Å²) in [6, 6.07) is 0.191. The highest BCUT2D eigenvalue weighted by molar-refractivity contribution is 5.97. The summed E-state index contributed by atoms with van der Waals surface area (Å²) in [5, 5.41) is 25.2. The number of carbonyl (C=O) groups excluding carboxylic acids is 1. The molecule has 0 atom stereocenters. The third kappa shape index (κ3) is 4.77. The van der Waals surface area contributed by atoms with Crippen LogP contribution in [0.5, 0.6) is 0 Å². The molecule has 0 unspecified atom stereocenters. The number of nitrogens with one attached hydrogen (secondary N) is 2. The number of hydrogen-bond donors (Lipinski definition) is 5. The summed E-state index contributed by atoms with van der Waals surface area (Å²) in [6.45, 7) is 3.45. The largest absolute Gasteiger partial charge is 0.394 e. The van der Waals surface area contributed by atoms with Crippen molar-refractivity contribution >= 4 is 17.7 Å². The van der Waals surface area contributed by atoms with Gasteiger partial charge in [-0.15, -0.1) is 0 Å². The number of amides is 1. The highest BCUT2D eigenvalue weighted by Crippen LogP contribution is 2.23. The molecule has 0 bridgehead atoms. The lowest BCUT2D eigenvalue weighted by Crippen LogP contribution is -2.36. The Morgan fingerprint density at radius 3 is 2.61 bits per heavy atom. The summed E-state index contributed by atoms with van der Waals surface area (Å²) in [4.78, 5) is 20.0. The van der Waals surface area contributed by atoms with E-state index in [1.165, 1.54) is 6.20 Å². The summed E-state index contributed by atoms with van der Waals surface area (Å²) in [7, 11) is 0. The second kappa shape index (κ2) is 7.10. The minimum atomic E-state index is -0.648. The standard InChI is InChI=1S/C15H25N5O3/c1-15(2,8-21)20-13-11(12(16)23)7-17-14(19-13)18-9-3-5-10(22)6-4-9/h7,9-10,21-22H,3-6,8H2,1-2H3,(H2,16,23)(H2,17,18,19,20). The number of nitrogens with two attached hydrogens (primary N) is 1. The van der Waals surface area contributed by atoms with Gasteiger partial charge in [-0.3, -0.25) is 4.79 Å². The third-order valence-electron chi connectivity index (χ3n) is 3.94. The second-order valence-corrected chi connectivity index (χ2v) is 6.64. The lowest BCUT2D eigenvalue weighted by Gasteiger charge is -2.27. The van der Waals surface area contributed by atoms with Gasteiger partial charge in [0.2, 0.25) is 5.95 Å². The third-order valence-corrected chi connectivity index (χ3v) is 3.94. The number of aliphatic hydroxyl groups is 2. The van der Waals surface area contributed by atoms with Crippen molar-refractivity contribution in [2.24, 2.45) is 5.73 Å². The van der Waals surface area contributed by atoms with Gasteiger partial charge >= 0.3 is 0 Å². The Balaban J connectivity index is 2.17. The van der Waals surface area contributed by atoms with Gasteiger partial charge in [-0.05, 0) is 39.5 Å². The highest BCUT2D eigenvalue weighted by atomic mass is 16.3. The normalized spacial score (nSPS) is 21.7. The lowest BCUT2D eigenvalue weighted by atomic mass is 9.93. The molecule has 8 nitrogen and oxygen atoms in total. The van der Waals surface area contributed by atoms with Gasteiger partial charge in [0.15, 0.2) is 0 Å². The molecule has 6 N–H and O–H groups in total. The van der Waals surface area contributed by atoms with Crippen LogP contribution in [0.15, 0.2) is 6.20 Å². The van der Waals surface area contributed by atoms with Crippen molar-refractivity contribution in [1.82, 2.24) is 9.97 Å². The molecule has 23 heavy (non-hydrogen) atoms.